The van der Waals surface area contributed by atoms with Gasteiger partial charge in [0.25, 0.3) is 0 Å². The number of nitrogens with one attached hydrogen (secondary N) is 1. The first-order valence-electron chi connectivity index (χ1n) is 6.49. The van der Waals surface area contributed by atoms with E-state index < -0.39 is 4.92 Å². The zero-order valence-corrected chi connectivity index (χ0v) is 12.6. The van der Waals surface area contributed by atoms with Crippen LogP contribution in [0.2, 0.25) is 0 Å². The molecule has 1 aromatic heterocycles. The van der Waals surface area contributed by atoms with Gasteiger partial charge in [0.15, 0.2) is 0 Å². The van der Waals surface area contributed by atoms with E-state index in [0.717, 1.165) is 24.1 Å². The van der Waals surface area contributed by atoms with Crippen molar-refractivity contribution in [2.75, 3.05) is 11.1 Å². The predicted molar refractivity (Wildman–Crippen MR) is 84.1 cm³/mol. The molecule has 0 bridgehead atoms. The number of nitrogens with two attached hydrogens (primary N) is 1. The van der Waals surface area contributed by atoms with Crippen LogP contribution in [0, 0.1) is 10.1 Å². The van der Waals surface area contributed by atoms with Crippen molar-refractivity contribution < 1.29 is 4.92 Å². The summed E-state index contributed by atoms with van der Waals surface area (Å²) in [6.45, 7) is 0. The van der Waals surface area contributed by atoms with Gasteiger partial charge in [0.2, 0.25) is 5.82 Å². The van der Waals surface area contributed by atoms with Gasteiger partial charge in [-0.2, -0.15) is 0 Å². The van der Waals surface area contributed by atoms with E-state index in [4.69, 9.17) is 5.73 Å². The molecule has 1 heterocycles. The van der Waals surface area contributed by atoms with Crippen molar-refractivity contribution in [2.45, 2.75) is 18.9 Å². The fourth-order valence-corrected chi connectivity index (χ4v) is 2.95. The van der Waals surface area contributed by atoms with Crippen LogP contribution >= 0.6 is 15.9 Å². The number of pyridine rings is 1. The van der Waals surface area contributed by atoms with Crippen LogP contribution in [0.1, 0.15) is 23.6 Å². The highest BCUT2D eigenvalue weighted by molar-refractivity contribution is 9.10. The molecule has 0 spiro atoms. The second kappa shape index (κ2) is 5.33. The summed E-state index contributed by atoms with van der Waals surface area (Å²) in [6, 6.07) is 7.25. The first kappa shape index (κ1) is 13.8. The standard InChI is InChI=1S/C14H13BrN4O2/c15-9-6-13(19(20)21)14(17-7-9)18-12-4-1-8-5-10(16)2-3-11(8)12/h2-3,5-7,12H,1,4,16H2,(H,17,18). The summed E-state index contributed by atoms with van der Waals surface area (Å²) in [4.78, 5) is 14.8. The minimum atomic E-state index is -0.432. The minimum Gasteiger partial charge on any atom is -0.399 e. The summed E-state index contributed by atoms with van der Waals surface area (Å²) in [7, 11) is 0. The number of hydrogen-bond acceptors (Lipinski definition) is 5. The Bertz CT molecular complexity index is 720. The molecule has 1 aromatic carbocycles. The van der Waals surface area contributed by atoms with Crippen LogP contribution in [-0.4, -0.2) is 9.91 Å². The number of aryl methyl sites for hydroxylation is 1. The summed E-state index contributed by atoms with van der Waals surface area (Å²) in [6.07, 6.45) is 3.32. The number of aromatic nitrogens is 1. The maximum absolute atomic E-state index is 11.1. The third kappa shape index (κ3) is 2.69. The lowest BCUT2D eigenvalue weighted by molar-refractivity contribution is -0.384. The molecule has 21 heavy (non-hydrogen) atoms. The number of nitrogens with zero attached hydrogens (tertiary/aromatic N) is 2. The molecular formula is C14H13BrN4O2. The van der Waals surface area contributed by atoms with Crippen molar-refractivity contribution in [3.63, 3.8) is 0 Å². The molecule has 7 heteroatoms. The third-order valence-corrected chi connectivity index (χ3v) is 4.02. The molecule has 1 aliphatic rings. The van der Waals surface area contributed by atoms with E-state index >= 15 is 0 Å². The predicted octanol–water partition coefficient (Wildman–Crippen LogP) is 3.43. The smallest absolute Gasteiger partial charge is 0.312 e. The van der Waals surface area contributed by atoms with Gasteiger partial charge < -0.3 is 11.1 Å². The highest BCUT2D eigenvalue weighted by atomic mass is 79.9. The molecule has 0 fully saturated rings. The lowest BCUT2D eigenvalue weighted by Gasteiger charge is -2.15. The van der Waals surface area contributed by atoms with Crippen LogP contribution < -0.4 is 11.1 Å². The Hall–Kier alpha value is -2.15. The molecule has 0 saturated heterocycles. The highest BCUT2D eigenvalue weighted by Gasteiger charge is 2.25. The van der Waals surface area contributed by atoms with E-state index in [0.29, 0.717) is 4.47 Å². The summed E-state index contributed by atoms with van der Waals surface area (Å²) in [5.41, 5.74) is 8.80. The fourth-order valence-electron chi connectivity index (χ4n) is 2.63. The average Bonchev–Trinajstić information content (AvgIpc) is 2.82. The van der Waals surface area contributed by atoms with Crippen LogP contribution in [0.4, 0.5) is 17.2 Å². The Morgan fingerprint density at radius 1 is 1.43 bits per heavy atom. The maximum atomic E-state index is 11.1. The molecular weight excluding hydrogens is 336 g/mol. The summed E-state index contributed by atoms with van der Waals surface area (Å²) in [5.74, 6) is 0.290. The molecule has 108 valence electrons. The van der Waals surface area contributed by atoms with Gasteiger partial charge in [-0.15, -0.1) is 0 Å². The van der Waals surface area contributed by atoms with Gasteiger partial charge in [0.1, 0.15) is 0 Å². The molecule has 6 nitrogen and oxygen atoms in total. The highest BCUT2D eigenvalue weighted by Crippen LogP contribution is 2.36. The molecule has 3 N–H and O–H groups in total. The quantitative estimate of drug-likeness (QED) is 0.503. The molecule has 0 amide bonds. The van der Waals surface area contributed by atoms with E-state index in [2.05, 4.69) is 26.2 Å². The molecule has 1 atom stereocenters. The van der Waals surface area contributed by atoms with E-state index in [-0.39, 0.29) is 17.5 Å². The Balaban J connectivity index is 1.91. The van der Waals surface area contributed by atoms with Crippen LogP contribution in [0.15, 0.2) is 34.9 Å². The summed E-state index contributed by atoms with van der Waals surface area (Å²) >= 11 is 3.20. The van der Waals surface area contributed by atoms with Crippen LogP contribution in [0.25, 0.3) is 0 Å². The van der Waals surface area contributed by atoms with Crippen molar-refractivity contribution in [3.8, 4) is 0 Å². The van der Waals surface area contributed by atoms with E-state index in [1.807, 2.05) is 18.2 Å². The van der Waals surface area contributed by atoms with Gasteiger partial charge in [-0.1, -0.05) is 6.07 Å². The molecule has 2 aromatic rings. The first-order chi connectivity index (χ1) is 10.0. The zero-order chi connectivity index (χ0) is 15.0. The van der Waals surface area contributed by atoms with E-state index in [1.165, 1.54) is 11.6 Å². The maximum Gasteiger partial charge on any atom is 0.312 e. The van der Waals surface area contributed by atoms with Gasteiger partial charge in [-0.3, -0.25) is 10.1 Å². The SMILES string of the molecule is Nc1ccc2c(c1)CCC2Nc1ncc(Br)cc1[N+](=O)[O-]. The van der Waals surface area contributed by atoms with Crippen LogP contribution in [0.3, 0.4) is 0 Å². The zero-order valence-electron chi connectivity index (χ0n) is 11.0. The normalized spacial score (nSPS) is 16.5. The number of nitrogen functional groups attached to an aromatic ring is 1. The second-order valence-corrected chi connectivity index (χ2v) is 5.89. The van der Waals surface area contributed by atoms with Crippen LogP contribution in [-0.2, 0) is 6.42 Å². The Kier molecular flexibility index (Phi) is 3.50. The van der Waals surface area contributed by atoms with E-state index in [9.17, 15) is 10.1 Å². The van der Waals surface area contributed by atoms with Gasteiger partial charge in [0.05, 0.1) is 11.0 Å². The van der Waals surface area contributed by atoms with Gasteiger partial charge in [-0.05, 0) is 52.0 Å². The van der Waals surface area contributed by atoms with Crippen LogP contribution in [0.5, 0.6) is 0 Å². The van der Waals surface area contributed by atoms with Gasteiger partial charge in [-0.25, -0.2) is 4.98 Å². The Labute approximate surface area is 129 Å². The van der Waals surface area contributed by atoms with Crippen molar-refractivity contribution in [1.82, 2.24) is 4.98 Å². The first-order valence-corrected chi connectivity index (χ1v) is 7.28. The van der Waals surface area contributed by atoms with Gasteiger partial charge >= 0.3 is 5.69 Å². The Morgan fingerprint density at radius 3 is 3.00 bits per heavy atom. The average molecular weight is 349 g/mol. The number of hydrogen-bond donors (Lipinski definition) is 2. The number of fused-ring (bicyclic) bond motifs is 1. The lowest BCUT2D eigenvalue weighted by atomic mass is 10.1. The third-order valence-electron chi connectivity index (χ3n) is 3.59. The monoisotopic (exact) mass is 348 g/mol. The fraction of sp³-hybridized carbons (Fsp3) is 0.214. The molecule has 0 radical (unpaired) electrons. The summed E-state index contributed by atoms with van der Waals surface area (Å²) < 4.78 is 0.583. The largest absolute Gasteiger partial charge is 0.399 e. The second-order valence-electron chi connectivity index (χ2n) is 4.97. The number of nitro groups is 1. The number of rotatable bonds is 3. The van der Waals surface area contributed by atoms with Gasteiger partial charge in [0, 0.05) is 22.4 Å². The molecule has 1 aliphatic carbocycles. The number of anilines is 2. The topological polar surface area (TPSA) is 94.1 Å². The molecule has 3 rings (SSSR count). The number of benzene rings is 1. The molecule has 0 aliphatic heterocycles. The van der Waals surface area contributed by atoms with E-state index in [1.54, 1.807) is 6.20 Å². The lowest BCUT2D eigenvalue weighted by Crippen LogP contribution is -2.10. The van der Waals surface area contributed by atoms with Crippen molar-refractivity contribution in [1.29, 1.82) is 0 Å². The van der Waals surface area contributed by atoms with Crippen molar-refractivity contribution in [2.24, 2.45) is 0 Å². The number of halogens is 1. The molecule has 0 saturated carbocycles. The minimum absolute atomic E-state index is 0.0213. The Morgan fingerprint density at radius 2 is 2.24 bits per heavy atom. The summed E-state index contributed by atoms with van der Waals surface area (Å²) in [5, 5.41) is 14.3. The van der Waals surface area contributed by atoms with Crippen molar-refractivity contribution >= 4 is 33.1 Å². The molecule has 1 unspecified atom stereocenters. The van der Waals surface area contributed by atoms with Crippen molar-refractivity contribution in [3.05, 3.63) is 56.2 Å².